The van der Waals surface area contributed by atoms with Crippen molar-refractivity contribution in [2.24, 2.45) is 50.2 Å². The van der Waals surface area contributed by atoms with Crippen LogP contribution in [-0.4, -0.2) is 23.1 Å². The summed E-state index contributed by atoms with van der Waals surface area (Å²) in [6.07, 6.45) is 12.6. The Morgan fingerprint density at radius 2 is 1.56 bits per heavy atom. The van der Waals surface area contributed by atoms with Gasteiger partial charge in [0.25, 0.3) is 0 Å². The zero-order valence-corrected chi connectivity index (χ0v) is 24.1. The fourth-order valence-corrected chi connectivity index (χ4v) is 11.0. The van der Waals surface area contributed by atoms with E-state index < -0.39 is 11.4 Å². The first kappa shape index (κ1) is 26.3. The van der Waals surface area contributed by atoms with Gasteiger partial charge in [-0.2, -0.15) is 0 Å². The molecule has 5 aliphatic carbocycles. The lowest BCUT2D eigenvalue weighted by Gasteiger charge is -2.71. The molecule has 1 N–H and O–H groups in total. The van der Waals surface area contributed by atoms with E-state index in [0.717, 1.165) is 57.8 Å². The van der Waals surface area contributed by atoms with Gasteiger partial charge in [0.1, 0.15) is 6.10 Å². The summed E-state index contributed by atoms with van der Waals surface area (Å²) in [4.78, 5) is 24.7. The number of carboxylic acids is 1. The van der Waals surface area contributed by atoms with Crippen LogP contribution in [-0.2, 0) is 14.3 Å². The van der Waals surface area contributed by atoms with Gasteiger partial charge in [0, 0.05) is 12.3 Å². The van der Waals surface area contributed by atoms with Crippen molar-refractivity contribution >= 4 is 11.9 Å². The van der Waals surface area contributed by atoms with Gasteiger partial charge in [0.05, 0.1) is 5.41 Å². The molecule has 0 amide bonds. The molecule has 4 heteroatoms. The van der Waals surface area contributed by atoms with Crippen molar-refractivity contribution in [2.75, 3.05) is 0 Å². The molecule has 8 atom stereocenters. The number of esters is 1. The Hall–Kier alpha value is -1.32. The van der Waals surface area contributed by atoms with Crippen LogP contribution in [0.3, 0.4) is 0 Å². The second kappa shape index (κ2) is 7.85. The minimum Gasteiger partial charge on any atom is -0.481 e. The Balaban J connectivity index is 1.55. The van der Waals surface area contributed by atoms with Crippen LogP contribution in [0.5, 0.6) is 0 Å². The molecular formula is C32H50O4. The summed E-state index contributed by atoms with van der Waals surface area (Å²) in [6, 6.07) is 0. The molecule has 4 saturated carbocycles. The quantitative estimate of drug-likeness (QED) is 0.311. The molecule has 0 unspecified atom stereocenters. The number of allylic oxidation sites excluding steroid dienone is 2. The third kappa shape index (κ3) is 3.30. The van der Waals surface area contributed by atoms with Crippen molar-refractivity contribution in [1.29, 1.82) is 0 Å². The largest absolute Gasteiger partial charge is 0.481 e. The highest BCUT2D eigenvalue weighted by molar-refractivity contribution is 5.76. The second-order valence-electron chi connectivity index (χ2n) is 15.6. The number of carbonyl (C=O) groups excluding carboxylic acids is 1. The lowest BCUT2D eigenvalue weighted by Crippen LogP contribution is -2.65. The minimum absolute atomic E-state index is 0.00181. The summed E-state index contributed by atoms with van der Waals surface area (Å²) in [5.74, 6) is 0.546. The van der Waals surface area contributed by atoms with Crippen LogP contribution in [0.2, 0.25) is 0 Å². The Bertz CT molecular complexity index is 992. The molecule has 5 rings (SSSR count). The van der Waals surface area contributed by atoms with Gasteiger partial charge in [-0.15, -0.1) is 0 Å². The normalized spacial score (nSPS) is 48.8. The van der Waals surface area contributed by atoms with Crippen molar-refractivity contribution in [3.05, 3.63) is 11.6 Å². The number of carboxylic acid groups (broad SMARTS) is 1. The number of rotatable bonds is 2. The van der Waals surface area contributed by atoms with Crippen LogP contribution >= 0.6 is 0 Å². The van der Waals surface area contributed by atoms with E-state index in [2.05, 4.69) is 54.5 Å². The van der Waals surface area contributed by atoms with E-state index in [-0.39, 0.29) is 45.1 Å². The standard InChI is InChI=1S/C32H50O4/c1-20(33)36-25-12-13-29(6)23(28(25,4)5)11-14-31(8)24(29)10-9-21-22-19-27(2,3)15-17-32(22,26(34)35)18-16-30(21,31)7/h9,22-25H,10-19H2,1-8H3,(H,34,35)/t22-,23+,24-,25-,29-,30+,31+,32-/m0/s1. The van der Waals surface area contributed by atoms with Gasteiger partial charge in [-0.25, -0.2) is 0 Å². The van der Waals surface area contributed by atoms with Crippen LogP contribution in [0, 0.1) is 50.2 Å². The van der Waals surface area contributed by atoms with E-state index >= 15 is 0 Å². The Kier molecular flexibility index (Phi) is 5.74. The second-order valence-corrected chi connectivity index (χ2v) is 15.6. The smallest absolute Gasteiger partial charge is 0.310 e. The monoisotopic (exact) mass is 498 g/mol. The van der Waals surface area contributed by atoms with Gasteiger partial charge in [0.2, 0.25) is 0 Å². The van der Waals surface area contributed by atoms with E-state index in [9.17, 15) is 14.7 Å². The average Bonchev–Trinajstić information content (AvgIpc) is 2.75. The molecule has 0 aliphatic heterocycles. The molecule has 0 aromatic rings. The van der Waals surface area contributed by atoms with E-state index in [1.54, 1.807) is 6.92 Å². The highest BCUT2D eigenvalue weighted by Gasteiger charge is 2.69. The van der Waals surface area contributed by atoms with Crippen LogP contribution in [0.1, 0.15) is 120 Å². The Labute approximate surface area is 219 Å². The van der Waals surface area contributed by atoms with Crippen LogP contribution in [0.4, 0.5) is 0 Å². The lowest BCUT2D eigenvalue weighted by atomic mass is 9.33. The molecule has 0 aromatic heterocycles. The van der Waals surface area contributed by atoms with Crippen molar-refractivity contribution in [2.45, 2.75) is 126 Å². The van der Waals surface area contributed by atoms with Crippen LogP contribution < -0.4 is 0 Å². The fraction of sp³-hybridized carbons (Fsp3) is 0.875. The number of aliphatic carboxylic acids is 1. The average molecular weight is 499 g/mol. The molecule has 0 bridgehead atoms. The summed E-state index contributed by atoms with van der Waals surface area (Å²) < 4.78 is 5.87. The molecule has 202 valence electrons. The summed E-state index contributed by atoms with van der Waals surface area (Å²) in [5.41, 5.74) is 1.50. The third-order valence-corrected chi connectivity index (χ3v) is 13.3. The molecule has 36 heavy (non-hydrogen) atoms. The number of hydrogen-bond acceptors (Lipinski definition) is 3. The van der Waals surface area contributed by atoms with Crippen molar-refractivity contribution in [1.82, 2.24) is 0 Å². The third-order valence-electron chi connectivity index (χ3n) is 13.3. The highest BCUT2D eigenvalue weighted by Crippen LogP contribution is 2.75. The highest BCUT2D eigenvalue weighted by atomic mass is 16.5. The van der Waals surface area contributed by atoms with E-state index in [1.165, 1.54) is 12.0 Å². The maximum absolute atomic E-state index is 12.8. The zero-order chi connectivity index (χ0) is 26.5. The number of hydrogen-bond donors (Lipinski definition) is 1. The molecule has 0 aromatic carbocycles. The first-order valence-corrected chi connectivity index (χ1v) is 14.6. The molecule has 4 nitrogen and oxygen atoms in total. The maximum atomic E-state index is 12.8. The molecule has 0 heterocycles. The summed E-state index contributed by atoms with van der Waals surface area (Å²) in [6.45, 7) is 18.5. The topological polar surface area (TPSA) is 63.6 Å². The summed E-state index contributed by atoms with van der Waals surface area (Å²) >= 11 is 0. The number of fused-ring (bicyclic) bond motifs is 7. The molecule has 0 saturated heterocycles. The fourth-order valence-electron chi connectivity index (χ4n) is 11.0. The van der Waals surface area contributed by atoms with E-state index in [4.69, 9.17) is 4.74 Å². The first-order chi connectivity index (χ1) is 16.5. The molecule has 0 radical (unpaired) electrons. The van der Waals surface area contributed by atoms with Crippen molar-refractivity contribution in [3.63, 3.8) is 0 Å². The predicted octanol–water partition coefficient (Wildman–Crippen LogP) is 7.80. The van der Waals surface area contributed by atoms with E-state index in [1.807, 2.05) is 0 Å². The number of ether oxygens (including phenoxy) is 1. The maximum Gasteiger partial charge on any atom is 0.310 e. The molecule has 4 fully saturated rings. The zero-order valence-electron chi connectivity index (χ0n) is 24.1. The summed E-state index contributed by atoms with van der Waals surface area (Å²) in [7, 11) is 0. The lowest BCUT2D eigenvalue weighted by molar-refractivity contribution is -0.213. The van der Waals surface area contributed by atoms with Crippen molar-refractivity contribution in [3.8, 4) is 0 Å². The SMILES string of the molecule is CC(=O)O[C@H]1CC[C@@]2(C)[C@H](CC[C@]3(C)[C@H]2CC=C2[C@@H]4CC(C)(C)CC[C@]4(C(=O)O)CC[C@]23C)C1(C)C. The van der Waals surface area contributed by atoms with Crippen molar-refractivity contribution < 1.29 is 19.4 Å². The van der Waals surface area contributed by atoms with Gasteiger partial charge >= 0.3 is 11.9 Å². The van der Waals surface area contributed by atoms with Crippen LogP contribution in [0.25, 0.3) is 0 Å². The number of carbonyl (C=O) groups is 2. The molecule has 5 aliphatic rings. The Morgan fingerprint density at radius 1 is 0.889 bits per heavy atom. The van der Waals surface area contributed by atoms with Gasteiger partial charge in [-0.1, -0.05) is 60.1 Å². The minimum atomic E-state index is -0.574. The van der Waals surface area contributed by atoms with Gasteiger partial charge in [0.15, 0.2) is 0 Å². The summed E-state index contributed by atoms with van der Waals surface area (Å²) in [5, 5.41) is 10.5. The first-order valence-electron chi connectivity index (χ1n) is 14.6. The van der Waals surface area contributed by atoms with E-state index in [0.29, 0.717) is 11.8 Å². The van der Waals surface area contributed by atoms with Crippen LogP contribution in [0.15, 0.2) is 11.6 Å². The molecular weight excluding hydrogens is 448 g/mol. The Morgan fingerprint density at radius 3 is 2.19 bits per heavy atom. The molecule has 0 spiro atoms. The van der Waals surface area contributed by atoms with Gasteiger partial charge in [-0.05, 0) is 104 Å². The van der Waals surface area contributed by atoms with Gasteiger partial charge in [-0.3, -0.25) is 9.59 Å². The predicted molar refractivity (Wildman–Crippen MR) is 142 cm³/mol. The van der Waals surface area contributed by atoms with Gasteiger partial charge < -0.3 is 9.84 Å².